The summed E-state index contributed by atoms with van der Waals surface area (Å²) in [6, 6.07) is 11.2. The number of sulfonamides is 1. The molecule has 0 atom stereocenters. The quantitative estimate of drug-likeness (QED) is 0.664. The van der Waals surface area contributed by atoms with E-state index in [1.807, 2.05) is 24.0 Å². The summed E-state index contributed by atoms with van der Waals surface area (Å²) in [5.41, 5.74) is 1.04. The minimum absolute atomic E-state index is 0.0675. The number of benzene rings is 1. The molecule has 2 saturated heterocycles. The average Bonchev–Trinajstić information content (AvgIpc) is 3.32. The molecule has 2 aliphatic rings. The molecule has 2 aromatic rings. The van der Waals surface area contributed by atoms with E-state index in [0.29, 0.717) is 30.8 Å². The van der Waals surface area contributed by atoms with Crippen LogP contribution >= 0.6 is 11.3 Å². The van der Waals surface area contributed by atoms with Crippen molar-refractivity contribution in [2.75, 3.05) is 45.8 Å². The molecule has 0 bridgehead atoms. The maximum absolute atomic E-state index is 13.0. The molecule has 4 rings (SSSR count). The number of piperidine rings is 1. The van der Waals surface area contributed by atoms with Gasteiger partial charge in [-0.25, -0.2) is 8.42 Å². The fourth-order valence-electron chi connectivity index (χ4n) is 4.38. The number of rotatable bonds is 6. The summed E-state index contributed by atoms with van der Waals surface area (Å²) in [4.78, 5) is 19.2. The highest BCUT2D eigenvalue weighted by molar-refractivity contribution is 7.89. The Kier molecular flexibility index (Phi) is 7.11. The van der Waals surface area contributed by atoms with Gasteiger partial charge in [0.2, 0.25) is 15.9 Å². The highest BCUT2D eigenvalue weighted by Crippen LogP contribution is 2.26. The molecular weight excluding hydrogens is 430 g/mol. The number of aryl methyl sites for hydroxylation is 1. The van der Waals surface area contributed by atoms with Gasteiger partial charge < -0.3 is 4.90 Å². The van der Waals surface area contributed by atoms with Crippen molar-refractivity contribution in [3.8, 4) is 0 Å². The third kappa shape index (κ3) is 5.37. The van der Waals surface area contributed by atoms with Crippen molar-refractivity contribution in [2.24, 2.45) is 5.92 Å². The summed E-state index contributed by atoms with van der Waals surface area (Å²) in [7, 11) is -3.48. The van der Waals surface area contributed by atoms with Gasteiger partial charge in [-0.3, -0.25) is 9.69 Å². The lowest BCUT2D eigenvalue weighted by molar-refractivity contribution is -0.138. The van der Waals surface area contributed by atoms with Crippen LogP contribution in [0.25, 0.3) is 0 Å². The van der Waals surface area contributed by atoms with Crippen molar-refractivity contribution in [3.63, 3.8) is 0 Å². The van der Waals surface area contributed by atoms with Gasteiger partial charge in [0.15, 0.2) is 0 Å². The predicted molar refractivity (Wildman–Crippen MR) is 124 cm³/mol. The van der Waals surface area contributed by atoms with Gasteiger partial charge in [-0.05, 0) is 49.8 Å². The minimum atomic E-state index is -3.48. The lowest BCUT2D eigenvalue weighted by atomic mass is 9.96. The number of nitrogens with zero attached hydrogens (tertiary/aromatic N) is 3. The summed E-state index contributed by atoms with van der Waals surface area (Å²) in [6.07, 6.45) is 2.27. The monoisotopic (exact) mass is 461 g/mol. The zero-order chi connectivity index (χ0) is 21.8. The number of carbonyl (C=O) groups excluding carboxylic acids is 1. The lowest BCUT2D eigenvalue weighted by Gasteiger charge is -2.38. The molecule has 0 radical (unpaired) electrons. The van der Waals surface area contributed by atoms with Gasteiger partial charge in [-0.2, -0.15) is 4.31 Å². The SMILES string of the molecule is Cc1ccc(S(=O)(=O)N2CCC(C(=O)N3CCN(CCc4cccs4)CC3)CC2)cc1. The zero-order valence-electron chi connectivity index (χ0n) is 18.1. The van der Waals surface area contributed by atoms with Gasteiger partial charge in [0, 0.05) is 56.6 Å². The maximum Gasteiger partial charge on any atom is 0.243 e. The predicted octanol–water partition coefficient (Wildman–Crippen LogP) is 2.84. The van der Waals surface area contributed by atoms with Crippen molar-refractivity contribution in [1.29, 1.82) is 0 Å². The Morgan fingerprint density at radius 3 is 2.29 bits per heavy atom. The van der Waals surface area contributed by atoms with Crippen LogP contribution in [-0.4, -0.2) is 74.2 Å². The highest BCUT2D eigenvalue weighted by atomic mass is 32.2. The van der Waals surface area contributed by atoms with Crippen molar-refractivity contribution in [3.05, 3.63) is 52.2 Å². The summed E-state index contributed by atoms with van der Waals surface area (Å²) in [5, 5.41) is 2.11. The first-order chi connectivity index (χ1) is 14.9. The van der Waals surface area contributed by atoms with E-state index in [1.54, 1.807) is 23.5 Å². The largest absolute Gasteiger partial charge is 0.340 e. The van der Waals surface area contributed by atoms with Crippen LogP contribution in [0, 0.1) is 12.8 Å². The van der Waals surface area contributed by atoms with Gasteiger partial charge in [0.25, 0.3) is 0 Å². The van der Waals surface area contributed by atoms with Gasteiger partial charge >= 0.3 is 0 Å². The first-order valence-electron chi connectivity index (χ1n) is 11.0. The molecule has 0 unspecified atom stereocenters. The van der Waals surface area contributed by atoms with Crippen molar-refractivity contribution in [1.82, 2.24) is 14.1 Å². The molecule has 2 fully saturated rings. The Balaban J connectivity index is 1.24. The molecular formula is C23H31N3O3S2. The highest BCUT2D eigenvalue weighted by Gasteiger charge is 2.34. The van der Waals surface area contributed by atoms with E-state index in [4.69, 9.17) is 0 Å². The molecule has 0 spiro atoms. The normalized spacial score (nSPS) is 19.6. The zero-order valence-corrected chi connectivity index (χ0v) is 19.7. The molecule has 0 saturated carbocycles. The van der Waals surface area contributed by atoms with Gasteiger partial charge in [0.1, 0.15) is 0 Å². The lowest BCUT2D eigenvalue weighted by Crippen LogP contribution is -2.52. The van der Waals surface area contributed by atoms with Crippen LogP contribution in [0.15, 0.2) is 46.7 Å². The number of hydrogen-bond acceptors (Lipinski definition) is 5. The Labute approximate surface area is 189 Å². The van der Waals surface area contributed by atoms with Crippen LogP contribution < -0.4 is 0 Å². The number of carbonyl (C=O) groups is 1. The van der Waals surface area contributed by atoms with E-state index in [0.717, 1.165) is 44.7 Å². The van der Waals surface area contributed by atoms with E-state index in [9.17, 15) is 13.2 Å². The summed E-state index contributed by atoms with van der Waals surface area (Å²) >= 11 is 1.80. The fraction of sp³-hybridized carbons (Fsp3) is 0.522. The van der Waals surface area contributed by atoms with E-state index in [-0.39, 0.29) is 11.8 Å². The molecule has 6 nitrogen and oxygen atoms in total. The first kappa shape index (κ1) is 22.5. The van der Waals surface area contributed by atoms with Gasteiger partial charge in [-0.1, -0.05) is 23.8 Å². The molecule has 1 amide bonds. The Bertz CT molecular complexity index is 958. The Morgan fingerprint density at radius 2 is 1.68 bits per heavy atom. The number of hydrogen-bond donors (Lipinski definition) is 0. The molecule has 1 aromatic heterocycles. The smallest absolute Gasteiger partial charge is 0.243 e. The average molecular weight is 462 g/mol. The van der Waals surface area contributed by atoms with Crippen LogP contribution in [-0.2, 0) is 21.2 Å². The minimum Gasteiger partial charge on any atom is -0.340 e. The van der Waals surface area contributed by atoms with Crippen molar-refractivity contribution < 1.29 is 13.2 Å². The van der Waals surface area contributed by atoms with Crippen LogP contribution in [0.4, 0.5) is 0 Å². The summed E-state index contributed by atoms with van der Waals surface area (Å²) in [6.45, 7) is 7.17. The second kappa shape index (κ2) is 9.81. The molecule has 8 heteroatoms. The summed E-state index contributed by atoms with van der Waals surface area (Å²) in [5.74, 6) is 0.132. The van der Waals surface area contributed by atoms with Crippen molar-refractivity contribution in [2.45, 2.75) is 31.1 Å². The molecule has 0 aliphatic carbocycles. The topological polar surface area (TPSA) is 60.9 Å². The van der Waals surface area contributed by atoms with Gasteiger partial charge in [0.05, 0.1) is 4.90 Å². The van der Waals surface area contributed by atoms with Crippen LogP contribution in [0.3, 0.4) is 0 Å². The van der Waals surface area contributed by atoms with Crippen molar-refractivity contribution >= 4 is 27.3 Å². The number of thiophene rings is 1. The Hall–Kier alpha value is -1.74. The van der Waals surface area contributed by atoms with E-state index >= 15 is 0 Å². The molecule has 1 aromatic carbocycles. The van der Waals surface area contributed by atoms with E-state index in [1.165, 1.54) is 9.18 Å². The Morgan fingerprint density at radius 1 is 1.00 bits per heavy atom. The molecule has 168 valence electrons. The second-order valence-electron chi connectivity index (χ2n) is 8.49. The molecule has 2 aliphatic heterocycles. The van der Waals surface area contributed by atoms with Crippen LogP contribution in [0.2, 0.25) is 0 Å². The van der Waals surface area contributed by atoms with E-state index in [2.05, 4.69) is 22.4 Å². The molecule has 31 heavy (non-hydrogen) atoms. The summed E-state index contributed by atoms with van der Waals surface area (Å²) < 4.78 is 27.3. The van der Waals surface area contributed by atoms with Gasteiger partial charge in [-0.15, -0.1) is 11.3 Å². The maximum atomic E-state index is 13.0. The third-order valence-electron chi connectivity index (χ3n) is 6.40. The number of amides is 1. The third-order valence-corrected chi connectivity index (χ3v) is 9.25. The molecule has 3 heterocycles. The van der Waals surface area contributed by atoms with Crippen LogP contribution in [0.5, 0.6) is 0 Å². The van der Waals surface area contributed by atoms with E-state index < -0.39 is 10.0 Å². The number of piperazine rings is 1. The van der Waals surface area contributed by atoms with Crippen LogP contribution in [0.1, 0.15) is 23.3 Å². The molecule has 0 N–H and O–H groups in total. The first-order valence-corrected chi connectivity index (χ1v) is 13.4. The fourth-order valence-corrected chi connectivity index (χ4v) is 6.54. The standard InChI is InChI=1S/C23H31N3O3S2/c1-19-4-6-22(7-5-19)31(28,29)26-12-8-20(9-13-26)23(27)25-16-14-24(15-17-25)11-10-21-3-2-18-30-21/h2-7,18,20H,8-17H2,1H3. The second-order valence-corrected chi connectivity index (χ2v) is 11.5.